The Morgan fingerprint density at radius 3 is 2.82 bits per heavy atom. The second kappa shape index (κ2) is 4.86. The Balaban J connectivity index is 2.37. The summed E-state index contributed by atoms with van der Waals surface area (Å²) in [5.41, 5.74) is 0.888. The lowest BCUT2D eigenvalue weighted by atomic mass is 10.3. The quantitative estimate of drug-likeness (QED) is 0.849. The van der Waals surface area contributed by atoms with Crippen molar-refractivity contribution in [2.45, 2.75) is 19.9 Å². The van der Waals surface area contributed by atoms with Crippen LogP contribution in [-0.4, -0.2) is 28.1 Å². The van der Waals surface area contributed by atoms with Gasteiger partial charge in [-0.15, -0.1) is 0 Å². The largest absolute Gasteiger partial charge is 0.491 e. The number of nitrogens with zero attached hydrogens (tertiary/aromatic N) is 2. The Morgan fingerprint density at radius 1 is 1.41 bits per heavy atom. The summed E-state index contributed by atoms with van der Waals surface area (Å²) < 4.78 is 5.22. The molecule has 2 aromatic rings. The maximum absolute atomic E-state index is 5.22. The average Bonchev–Trinajstić information content (AvgIpc) is 2.81. The first-order valence-electron chi connectivity index (χ1n) is 5.52. The Kier molecular flexibility index (Phi) is 3.27. The summed E-state index contributed by atoms with van der Waals surface area (Å²) in [6.45, 7) is 4.10. The van der Waals surface area contributed by atoms with Crippen molar-refractivity contribution in [3.63, 3.8) is 0 Å². The van der Waals surface area contributed by atoms with Gasteiger partial charge in [-0.1, -0.05) is 0 Å². The molecule has 17 heavy (non-hydrogen) atoms. The highest BCUT2D eigenvalue weighted by Gasteiger charge is 2.10. The van der Waals surface area contributed by atoms with Crippen LogP contribution in [0, 0.1) is 0 Å². The summed E-state index contributed by atoms with van der Waals surface area (Å²) >= 11 is 0. The van der Waals surface area contributed by atoms with E-state index in [1.54, 1.807) is 13.3 Å². The molecule has 5 nitrogen and oxygen atoms in total. The maximum Gasteiger partial charge on any atom is 0.179 e. The number of aromatic nitrogens is 3. The minimum absolute atomic E-state index is 0.287. The van der Waals surface area contributed by atoms with Crippen molar-refractivity contribution in [3.05, 3.63) is 24.5 Å². The second-order valence-corrected chi connectivity index (χ2v) is 3.99. The Bertz CT molecular complexity index is 479. The van der Waals surface area contributed by atoms with E-state index in [-0.39, 0.29) is 6.04 Å². The van der Waals surface area contributed by atoms with Gasteiger partial charge in [-0.2, -0.15) is 0 Å². The molecular formula is C12H16N4O. The third-order valence-electron chi connectivity index (χ3n) is 2.24. The molecule has 0 aliphatic heterocycles. The van der Waals surface area contributed by atoms with Crippen molar-refractivity contribution >= 4 is 5.82 Å². The van der Waals surface area contributed by atoms with Crippen LogP contribution in [0.1, 0.15) is 13.8 Å². The molecule has 90 valence electrons. The molecule has 0 unspecified atom stereocenters. The molecule has 0 radical (unpaired) electrons. The molecule has 2 N–H and O–H groups in total. The summed E-state index contributed by atoms with van der Waals surface area (Å²) in [7, 11) is 1.61. The molecule has 0 aromatic carbocycles. The number of methoxy groups -OCH3 is 1. The summed E-state index contributed by atoms with van der Waals surface area (Å²) in [5, 5.41) is 3.24. The van der Waals surface area contributed by atoms with E-state index >= 15 is 0 Å². The zero-order valence-corrected chi connectivity index (χ0v) is 10.2. The van der Waals surface area contributed by atoms with E-state index in [4.69, 9.17) is 4.74 Å². The monoisotopic (exact) mass is 232 g/mol. The third-order valence-corrected chi connectivity index (χ3v) is 2.24. The molecule has 0 atom stereocenters. The highest BCUT2D eigenvalue weighted by molar-refractivity contribution is 5.57. The van der Waals surface area contributed by atoms with E-state index in [9.17, 15) is 0 Å². The number of H-pyrrole nitrogens is 1. The minimum Gasteiger partial charge on any atom is -0.491 e. The third kappa shape index (κ3) is 2.55. The Hall–Kier alpha value is -2.04. The normalized spacial score (nSPS) is 10.6. The number of hydrogen-bond donors (Lipinski definition) is 2. The van der Waals surface area contributed by atoms with Crippen LogP contribution < -0.4 is 10.1 Å². The van der Waals surface area contributed by atoms with Crippen LogP contribution in [0.2, 0.25) is 0 Å². The lowest BCUT2D eigenvalue weighted by Gasteiger charge is -2.13. The molecule has 0 fully saturated rings. The number of hydrogen-bond acceptors (Lipinski definition) is 4. The van der Waals surface area contributed by atoms with E-state index in [0.717, 1.165) is 5.69 Å². The van der Waals surface area contributed by atoms with Crippen LogP contribution in [-0.2, 0) is 0 Å². The number of nitrogens with one attached hydrogen (secondary N) is 2. The summed E-state index contributed by atoms with van der Waals surface area (Å²) in [5.74, 6) is 2.01. The smallest absolute Gasteiger partial charge is 0.179 e. The van der Waals surface area contributed by atoms with Gasteiger partial charge in [0.25, 0.3) is 0 Å². The maximum atomic E-state index is 5.22. The number of rotatable bonds is 4. The van der Waals surface area contributed by atoms with Crippen LogP contribution in [0.4, 0.5) is 5.82 Å². The molecule has 0 saturated carbocycles. The topological polar surface area (TPSA) is 62.8 Å². The fourth-order valence-corrected chi connectivity index (χ4v) is 1.50. The van der Waals surface area contributed by atoms with Crippen LogP contribution in [0.3, 0.4) is 0 Å². The Morgan fingerprint density at radius 2 is 2.24 bits per heavy atom. The first kappa shape index (κ1) is 11.4. The van der Waals surface area contributed by atoms with Crippen LogP contribution in [0.25, 0.3) is 11.5 Å². The molecule has 5 heteroatoms. The lowest BCUT2D eigenvalue weighted by Crippen LogP contribution is -2.12. The van der Waals surface area contributed by atoms with Gasteiger partial charge in [0.1, 0.15) is 0 Å². The van der Waals surface area contributed by atoms with Gasteiger partial charge >= 0.3 is 0 Å². The predicted molar refractivity (Wildman–Crippen MR) is 67.1 cm³/mol. The number of aromatic amines is 1. The van der Waals surface area contributed by atoms with E-state index in [0.29, 0.717) is 17.4 Å². The molecule has 0 saturated heterocycles. The molecule has 0 amide bonds. The molecule has 0 spiro atoms. The van der Waals surface area contributed by atoms with Crippen molar-refractivity contribution < 1.29 is 4.74 Å². The van der Waals surface area contributed by atoms with Crippen molar-refractivity contribution in [1.82, 2.24) is 15.0 Å². The summed E-state index contributed by atoms with van der Waals surface area (Å²) in [4.78, 5) is 11.8. The zero-order valence-electron chi connectivity index (χ0n) is 10.2. The first-order chi connectivity index (χ1) is 8.20. The Labute approximate surface area is 100 Å². The van der Waals surface area contributed by atoms with Crippen molar-refractivity contribution in [1.29, 1.82) is 0 Å². The van der Waals surface area contributed by atoms with Gasteiger partial charge < -0.3 is 15.0 Å². The summed E-state index contributed by atoms with van der Waals surface area (Å²) in [6, 6.07) is 4.13. The molecule has 0 aliphatic carbocycles. The van der Waals surface area contributed by atoms with Crippen molar-refractivity contribution in [3.8, 4) is 17.3 Å². The van der Waals surface area contributed by atoms with Gasteiger partial charge in [-0.25, -0.2) is 9.97 Å². The lowest BCUT2D eigenvalue weighted by molar-refractivity contribution is 0.412. The average molecular weight is 232 g/mol. The van der Waals surface area contributed by atoms with Gasteiger partial charge in [-0.3, -0.25) is 0 Å². The van der Waals surface area contributed by atoms with Gasteiger partial charge in [0.15, 0.2) is 17.4 Å². The van der Waals surface area contributed by atoms with E-state index in [2.05, 4.69) is 34.1 Å². The summed E-state index contributed by atoms with van der Waals surface area (Å²) in [6.07, 6.45) is 3.52. The molecule has 0 aliphatic rings. The second-order valence-electron chi connectivity index (χ2n) is 3.99. The zero-order chi connectivity index (χ0) is 12.3. The number of ether oxygens (including phenoxy) is 1. The van der Waals surface area contributed by atoms with Gasteiger partial charge in [-0.05, 0) is 26.0 Å². The molecule has 2 aromatic heterocycles. The molecule has 2 rings (SSSR count). The predicted octanol–water partition coefficient (Wildman–Crippen LogP) is 2.30. The van der Waals surface area contributed by atoms with E-state index in [1.807, 2.05) is 18.3 Å². The standard InChI is InChI=1S/C12H16N4O/c1-8(2)15-12-10(17-3)7-14-11(16-12)9-5-4-6-13-9/h4-8,13H,1-3H3,(H,14,15,16). The fraction of sp³-hybridized carbons (Fsp3) is 0.333. The first-order valence-corrected chi connectivity index (χ1v) is 5.52. The van der Waals surface area contributed by atoms with Crippen molar-refractivity contribution in [2.75, 3.05) is 12.4 Å². The minimum atomic E-state index is 0.287. The van der Waals surface area contributed by atoms with Crippen LogP contribution in [0.15, 0.2) is 24.5 Å². The van der Waals surface area contributed by atoms with Gasteiger partial charge in [0.05, 0.1) is 19.0 Å². The molecule has 0 bridgehead atoms. The van der Waals surface area contributed by atoms with Crippen LogP contribution >= 0.6 is 0 Å². The highest BCUT2D eigenvalue weighted by atomic mass is 16.5. The van der Waals surface area contributed by atoms with Crippen molar-refractivity contribution in [2.24, 2.45) is 0 Å². The molecule has 2 heterocycles. The number of anilines is 1. The van der Waals surface area contributed by atoms with Gasteiger partial charge in [0.2, 0.25) is 0 Å². The van der Waals surface area contributed by atoms with Gasteiger partial charge in [0, 0.05) is 12.2 Å². The van der Waals surface area contributed by atoms with E-state index in [1.165, 1.54) is 0 Å². The SMILES string of the molecule is COc1cnc(-c2ccc[nH]2)nc1NC(C)C. The fourth-order valence-electron chi connectivity index (χ4n) is 1.50. The van der Waals surface area contributed by atoms with E-state index < -0.39 is 0 Å². The van der Waals surface area contributed by atoms with Crippen LogP contribution in [0.5, 0.6) is 5.75 Å². The molecular weight excluding hydrogens is 216 g/mol. The highest BCUT2D eigenvalue weighted by Crippen LogP contribution is 2.24.